The van der Waals surface area contributed by atoms with E-state index in [0.717, 1.165) is 83.5 Å². The summed E-state index contributed by atoms with van der Waals surface area (Å²) >= 11 is 0. The van der Waals surface area contributed by atoms with Crippen molar-refractivity contribution in [1.82, 2.24) is 5.32 Å². The highest BCUT2D eigenvalue weighted by Gasteiger charge is 2.24. The largest absolute Gasteiger partial charge is 0.462 e. The van der Waals surface area contributed by atoms with Crippen LogP contribution >= 0.6 is 0 Å². The van der Waals surface area contributed by atoms with Crippen LogP contribution < -0.4 is 5.32 Å². The average Bonchev–Trinajstić information content (AvgIpc) is 3.24. The molecule has 0 fully saturated rings. The lowest BCUT2D eigenvalue weighted by atomic mass is 10.0. The summed E-state index contributed by atoms with van der Waals surface area (Å²) in [5.74, 6) is -0.531. The van der Waals surface area contributed by atoms with Crippen LogP contribution in [0.2, 0.25) is 0 Å². The van der Waals surface area contributed by atoms with E-state index in [1.54, 1.807) is 0 Å². The molecule has 0 heterocycles. The molecular formula is C54H95NO5. The number of ether oxygens (including phenoxy) is 1. The molecule has 3 unspecified atom stereocenters. The molecule has 0 saturated heterocycles. The predicted molar refractivity (Wildman–Crippen MR) is 259 cm³/mol. The fourth-order valence-electron chi connectivity index (χ4n) is 7.29. The first-order valence-electron chi connectivity index (χ1n) is 25.2. The summed E-state index contributed by atoms with van der Waals surface area (Å²) in [7, 11) is 0. The first kappa shape index (κ1) is 57.3. The standard InChI is InChI=1S/C54H95NO5/c1-4-7-10-13-16-19-22-24-26-28-29-31-33-36-39-42-45-50(60-54(59)47-44-41-38-35-21-18-15-12-9-6-3)48-53(58)55-51(49-56)52(57)46-43-40-37-34-32-30-27-25-23-20-17-14-11-8-5-2/h10,12-13,15-16,19,22,24,26,28-29,31,50-52,56-57H,4-9,11,14,17-18,20-21,23,25,27,30,32-49H2,1-3H3,(H,55,58)/b13-10+,15-12-,19-16+,24-22+,28-26+,31-29+. The normalized spacial score (nSPS) is 13.9. The number of carbonyl (C=O) groups excluding carboxylic acids is 2. The number of aliphatic hydroxyl groups excluding tert-OH is 2. The Kier molecular flexibility index (Phi) is 45.2. The number of unbranched alkanes of at least 4 members (excludes halogenated alkanes) is 24. The number of hydrogen-bond donors (Lipinski definition) is 3. The minimum atomic E-state index is -0.803. The molecule has 346 valence electrons. The predicted octanol–water partition coefficient (Wildman–Crippen LogP) is 15.0. The smallest absolute Gasteiger partial charge is 0.306 e. The maximum absolute atomic E-state index is 13.2. The summed E-state index contributed by atoms with van der Waals surface area (Å²) in [6, 6.07) is -0.719. The number of carbonyl (C=O) groups is 2. The maximum Gasteiger partial charge on any atom is 0.306 e. The monoisotopic (exact) mass is 838 g/mol. The van der Waals surface area contributed by atoms with E-state index < -0.39 is 18.2 Å². The van der Waals surface area contributed by atoms with Gasteiger partial charge in [-0.05, 0) is 64.2 Å². The zero-order chi connectivity index (χ0) is 43.8. The molecule has 6 heteroatoms. The van der Waals surface area contributed by atoms with Gasteiger partial charge >= 0.3 is 5.97 Å². The lowest BCUT2D eigenvalue weighted by molar-refractivity contribution is -0.151. The Hall–Kier alpha value is -2.70. The third-order valence-electron chi connectivity index (χ3n) is 11.1. The van der Waals surface area contributed by atoms with E-state index in [9.17, 15) is 19.8 Å². The van der Waals surface area contributed by atoms with Crippen molar-refractivity contribution in [3.05, 3.63) is 72.9 Å². The van der Waals surface area contributed by atoms with Gasteiger partial charge < -0.3 is 20.3 Å². The molecule has 60 heavy (non-hydrogen) atoms. The molecule has 6 nitrogen and oxygen atoms in total. The van der Waals surface area contributed by atoms with Gasteiger partial charge in [0.2, 0.25) is 5.91 Å². The molecule has 0 aliphatic carbocycles. The van der Waals surface area contributed by atoms with Crippen molar-refractivity contribution in [1.29, 1.82) is 0 Å². The number of aliphatic hydroxyl groups is 2. The lowest BCUT2D eigenvalue weighted by Gasteiger charge is -2.24. The van der Waals surface area contributed by atoms with E-state index >= 15 is 0 Å². The first-order chi connectivity index (χ1) is 29.5. The van der Waals surface area contributed by atoms with Crippen LogP contribution in [-0.2, 0) is 14.3 Å². The molecule has 0 aromatic carbocycles. The van der Waals surface area contributed by atoms with Crippen LogP contribution in [0.4, 0.5) is 0 Å². The lowest BCUT2D eigenvalue weighted by Crippen LogP contribution is -2.46. The number of rotatable bonds is 44. The molecule has 0 spiro atoms. The molecule has 0 aromatic rings. The molecule has 0 aliphatic rings. The Morgan fingerprint density at radius 3 is 1.45 bits per heavy atom. The van der Waals surface area contributed by atoms with Gasteiger partial charge in [0.05, 0.1) is 25.2 Å². The van der Waals surface area contributed by atoms with Crippen molar-refractivity contribution in [3.8, 4) is 0 Å². The Bertz CT molecular complexity index is 1120. The van der Waals surface area contributed by atoms with E-state index in [2.05, 4.69) is 62.5 Å². The molecular weight excluding hydrogens is 743 g/mol. The van der Waals surface area contributed by atoms with E-state index in [0.29, 0.717) is 19.3 Å². The number of hydrogen-bond acceptors (Lipinski definition) is 5. The van der Waals surface area contributed by atoms with Crippen LogP contribution in [0, 0.1) is 0 Å². The molecule has 0 bridgehead atoms. The second-order valence-corrected chi connectivity index (χ2v) is 17.0. The maximum atomic E-state index is 13.2. The van der Waals surface area contributed by atoms with Gasteiger partial charge in [-0.2, -0.15) is 0 Å². The fraction of sp³-hybridized carbons (Fsp3) is 0.741. The van der Waals surface area contributed by atoms with E-state index in [1.807, 2.05) is 36.5 Å². The molecule has 1 amide bonds. The molecule has 0 aliphatic heterocycles. The highest BCUT2D eigenvalue weighted by atomic mass is 16.5. The third kappa shape index (κ3) is 42.0. The summed E-state index contributed by atoms with van der Waals surface area (Å²) < 4.78 is 5.89. The molecule has 0 radical (unpaired) electrons. The number of amides is 1. The zero-order valence-corrected chi connectivity index (χ0v) is 39.3. The van der Waals surface area contributed by atoms with Gasteiger partial charge in [0.15, 0.2) is 0 Å². The van der Waals surface area contributed by atoms with Crippen LogP contribution in [0.3, 0.4) is 0 Å². The van der Waals surface area contributed by atoms with E-state index in [-0.39, 0.29) is 24.9 Å². The highest BCUT2D eigenvalue weighted by Crippen LogP contribution is 2.17. The van der Waals surface area contributed by atoms with Crippen molar-refractivity contribution < 1.29 is 24.5 Å². The van der Waals surface area contributed by atoms with Crippen LogP contribution in [-0.4, -0.2) is 46.9 Å². The average molecular weight is 838 g/mol. The molecule has 0 aromatic heterocycles. The van der Waals surface area contributed by atoms with Crippen LogP contribution in [0.15, 0.2) is 72.9 Å². The summed E-state index contributed by atoms with van der Waals surface area (Å²) in [4.78, 5) is 26.1. The van der Waals surface area contributed by atoms with Crippen LogP contribution in [0.25, 0.3) is 0 Å². The summed E-state index contributed by atoms with van der Waals surface area (Å²) in [5.41, 5.74) is 0. The number of nitrogens with one attached hydrogen (secondary N) is 1. The van der Waals surface area contributed by atoms with Gasteiger partial charge in [-0.25, -0.2) is 0 Å². The molecule has 3 atom stereocenters. The quantitative estimate of drug-likeness (QED) is 0.0246. The summed E-state index contributed by atoms with van der Waals surface area (Å²) in [6.07, 6.45) is 59.6. The Balaban J connectivity index is 4.65. The molecule has 3 N–H and O–H groups in total. The van der Waals surface area contributed by atoms with E-state index in [1.165, 1.54) is 103 Å². The van der Waals surface area contributed by atoms with Gasteiger partial charge in [0, 0.05) is 6.42 Å². The SMILES string of the molecule is CCC/C=C\CCCCCCCC(=O)OC(CCCCC/C=C/C=C/C=C/C=C/C=C/CCC)CC(=O)NC(CO)C(O)CCCCCCCCCCCCCCCCC. The van der Waals surface area contributed by atoms with Crippen molar-refractivity contribution >= 4 is 11.9 Å². The van der Waals surface area contributed by atoms with Gasteiger partial charge in [-0.15, -0.1) is 0 Å². The third-order valence-corrected chi connectivity index (χ3v) is 11.1. The Morgan fingerprint density at radius 1 is 0.483 bits per heavy atom. The van der Waals surface area contributed by atoms with Gasteiger partial charge in [-0.3, -0.25) is 9.59 Å². The first-order valence-corrected chi connectivity index (χ1v) is 25.2. The van der Waals surface area contributed by atoms with Crippen molar-refractivity contribution in [2.75, 3.05) is 6.61 Å². The van der Waals surface area contributed by atoms with Gasteiger partial charge in [-0.1, -0.05) is 229 Å². The van der Waals surface area contributed by atoms with Gasteiger partial charge in [0.25, 0.3) is 0 Å². The zero-order valence-electron chi connectivity index (χ0n) is 39.3. The number of esters is 1. The number of allylic oxidation sites excluding steroid dienone is 12. The van der Waals surface area contributed by atoms with E-state index in [4.69, 9.17) is 4.74 Å². The molecule has 0 rings (SSSR count). The second kappa shape index (κ2) is 47.4. The minimum Gasteiger partial charge on any atom is -0.462 e. The van der Waals surface area contributed by atoms with Crippen LogP contribution in [0.5, 0.6) is 0 Å². The topological polar surface area (TPSA) is 95.9 Å². The summed E-state index contributed by atoms with van der Waals surface area (Å²) in [6.45, 7) is 6.32. The van der Waals surface area contributed by atoms with Crippen molar-refractivity contribution in [2.45, 2.75) is 251 Å². The van der Waals surface area contributed by atoms with Crippen LogP contribution in [0.1, 0.15) is 233 Å². The Labute approximate surface area is 371 Å². The second-order valence-electron chi connectivity index (χ2n) is 17.0. The Morgan fingerprint density at radius 2 is 0.900 bits per heavy atom. The molecule has 0 saturated carbocycles. The summed E-state index contributed by atoms with van der Waals surface area (Å²) in [5, 5.41) is 23.7. The fourth-order valence-corrected chi connectivity index (χ4v) is 7.29. The minimum absolute atomic E-state index is 0.0436. The highest BCUT2D eigenvalue weighted by molar-refractivity contribution is 5.77. The van der Waals surface area contributed by atoms with Crippen molar-refractivity contribution in [2.24, 2.45) is 0 Å². The van der Waals surface area contributed by atoms with Crippen molar-refractivity contribution in [3.63, 3.8) is 0 Å². The van der Waals surface area contributed by atoms with Gasteiger partial charge in [0.1, 0.15) is 6.10 Å².